The first-order valence-corrected chi connectivity index (χ1v) is 23.0. The van der Waals surface area contributed by atoms with E-state index in [4.69, 9.17) is 26.5 Å². The molecule has 0 saturated carbocycles. The van der Waals surface area contributed by atoms with E-state index in [2.05, 4.69) is 112 Å². The Morgan fingerprint density at radius 2 is 0.955 bits per heavy atom. The van der Waals surface area contributed by atoms with E-state index in [1.54, 1.807) is 14.2 Å². The van der Waals surface area contributed by atoms with Gasteiger partial charge in [-0.3, -0.25) is 0 Å². The van der Waals surface area contributed by atoms with Gasteiger partial charge in [-0.2, -0.15) is 12.1 Å². The average Bonchev–Trinajstić information content (AvgIpc) is 3.70. The molecule has 2 radical (unpaired) electrons. The third-order valence-electron chi connectivity index (χ3n) is 7.24. The molecule has 0 bridgehead atoms. The van der Waals surface area contributed by atoms with E-state index in [1.165, 1.54) is 54.9 Å². The van der Waals surface area contributed by atoms with E-state index < -0.39 is 20.8 Å². The normalized spacial score (nSPS) is 10.0. The van der Waals surface area contributed by atoms with Gasteiger partial charge in [-0.05, 0) is 48.2 Å². The molecule has 0 aliphatic carbocycles. The molecule has 0 amide bonds. The standard InChI is InChI=1S/2C18H17O.C2H6Si.2ClH.Zr/c2*1-3-13-11-15-5-4-6-17(18(15)12-13)14-7-9-16(19-2)10-8-14;1-3-2;;;/h2*4-12H,3H2,1-2H3;1-2H3;2*1H;/q2*-1;;;;+4/p-2. The van der Waals surface area contributed by atoms with E-state index >= 15 is 0 Å². The van der Waals surface area contributed by atoms with Crippen LogP contribution < -0.4 is 9.47 Å². The number of hydrogen-bond acceptors (Lipinski definition) is 2. The summed E-state index contributed by atoms with van der Waals surface area (Å²) in [5.41, 5.74) is 7.85. The summed E-state index contributed by atoms with van der Waals surface area (Å²) in [6.45, 7) is 8.70. The van der Waals surface area contributed by atoms with E-state index in [-0.39, 0.29) is 0 Å². The zero-order chi connectivity index (χ0) is 31.9. The van der Waals surface area contributed by atoms with Crippen molar-refractivity contribution in [1.29, 1.82) is 0 Å². The Labute approximate surface area is 284 Å². The Hall–Kier alpha value is -2.62. The molecule has 2 nitrogen and oxygen atoms in total. The molecule has 0 N–H and O–H groups in total. The maximum absolute atomic E-state index is 5.21. The van der Waals surface area contributed by atoms with Gasteiger partial charge in [0.05, 0.1) is 14.2 Å². The number of benzene rings is 4. The van der Waals surface area contributed by atoms with Crippen LogP contribution in [0.2, 0.25) is 13.1 Å². The van der Waals surface area contributed by atoms with Gasteiger partial charge in [0.1, 0.15) is 11.5 Å². The van der Waals surface area contributed by atoms with Crippen molar-refractivity contribution < 1.29 is 30.3 Å². The second kappa shape index (κ2) is 19.0. The molecule has 0 heterocycles. The molecule has 0 saturated heterocycles. The minimum absolute atomic E-state index is 0.826. The molecular formula is C38H40Cl2O2SiZr. The van der Waals surface area contributed by atoms with Gasteiger partial charge >= 0.3 is 37.9 Å². The first kappa shape index (κ1) is 35.9. The van der Waals surface area contributed by atoms with Crippen LogP contribution in [0.15, 0.2) is 109 Å². The van der Waals surface area contributed by atoms with Crippen LogP contribution in [0.25, 0.3) is 43.8 Å². The molecule has 0 aromatic heterocycles. The topological polar surface area (TPSA) is 18.5 Å². The van der Waals surface area contributed by atoms with Crippen molar-refractivity contribution in [1.82, 2.24) is 0 Å². The molecule has 6 heteroatoms. The predicted molar refractivity (Wildman–Crippen MR) is 191 cm³/mol. The molecule has 6 aromatic rings. The van der Waals surface area contributed by atoms with Crippen LogP contribution >= 0.6 is 17.0 Å². The van der Waals surface area contributed by atoms with Crippen molar-refractivity contribution in [3.8, 4) is 33.8 Å². The van der Waals surface area contributed by atoms with Crippen molar-refractivity contribution >= 4 is 48.1 Å². The number of rotatable bonds is 6. The fraction of sp³-hybridized carbons (Fsp3) is 0.211. The predicted octanol–water partition coefficient (Wildman–Crippen LogP) is 11.8. The van der Waals surface area contributed by atoms with Crippen LogP contribution in [0.4, 0.5) is 0 Å². The van der Waals surface area contributed by atoms with E-state index in [1.807, 2.05) is 24.3 Å². The molecule has 6 rings (SSSR count). The Balaban J connectivity index is 0.000000204. The molecule has 44 heavy (non-hydrogen) atoms. The van der Waals surface area contributed by atoms with Crippen LogP contribution in [0, 0.1) is 0 Å². The van der Waals surface area contributed by atoms with Crippen LogP contribution in [0.3, 0.4) is 0 Å². The molecule has 0 fully saturated rings. The zero-order valence-corrected chi connectivity index (χ0v) is 31.3. The van der Waals surface area contributed by atoms with E-state index in [0.29, 0.717) is 0 Å². The fourth-order valence-corrected chi connectivity index (χ4v) is 5.05. The summed E-state index contributed by atoms with van der Waals surface area (Å²) in [6, 6.07) is 38.7. The van der Waals surface area contributed by atoms with E-state index in [9.17, 15) is 0 Å². The van der Waals surface area contributed by atoms with Gasteiger partial charge in [-0.15, -0.1) is 69.1 Å². The fourth-order valence-electron chi connectivity index (χ4n) is 5.05. The van der Waals surface area contributed by atoms with Gasteiger partial charge in [0, 0.05) is 9.52 Å². The van der Waals surface area contributed by atoms with Crippen LogP contribution in [0.5, 0.6) is 11.5 Å². The molecule has 6 aromatic carbocycles. The van der Waals surface area contributed by atoms with E-state index in [0.717, 1.165) is 33.9 Å². The number of fused-ring (bicyclic) bond motifs is 2. The molecule has 0 aliphatic rings. The molecule has 0 aliphatic heterocycles. The van der Waals surface area contributed by atoms with Crippen molar-refractivity contribution in [3.05, 3.63) is 120 Å². The summed E-state index contributed by atoms with van der Waals surface area (Å²) in [4.78, 5) is 0. The molecular weight excluding hydrogens is 679 g/mol. The molecule has 0 atom stereocenters. The van der Waals surface area contributed by atoms with Crippen molar-refractivity contribution in [2.45, 2.75) is 39.8 Å². The monoisotopic (exact) mass is 716 g/mol. The summed E-state index contributed by atoms with van der Waals surface area (Å²) in [5.74, 6) is 1.79. The summed E-state index contributed by atoms with van der Waals surface area (Å²) >= 11 is -0.826. The molecule has 0 spiro atoms. The number of halogens is 2. The minimum atomic E-state index is -0.826. The summed E-state index contributed by atoms with van der Waals surface area (Å²) < 4.78 is 10.4. The van der Waals surface area contributed by atoms with Gasteiger partial charge in [-0.1, -0.05) is 74.5 Å². The second-order valence-electron chi connectivity index (χ2n) is 10.1. The van der Waals surface area contributed by atoms with Crippen molar-refractivity contribution in [2.75, 3.05) is 14.2 Å². The summed E-state index contributed by atoms with van der Waals surface area (Å²) in [5, 5.41) is 5.32. The van der Waals surface area contributed by atoms with Crippen LogP contribution in [-0.4, -0.2) is 23.7 Å². The zero-order valence-electron chi connectivity index (χ0n) is 26.4. The van der Waals surface area contributed by atoms with Gasteiger partial charge in [0.2, 0.25) is 0 Å². The van der Waals surface area contributed by atoms with Gasteiger partial charge in [0.25, 0.3) is 0 Å². The quantitative estimate of drug-likeness (QED) is 0.126. The van der Waals surface area contributed by atoms with Crippen LogP contribution in [-0.2, 0) is 33.7 Å². The number of ether oxygens (including phenoxy) is 2. The SMILES string of the molecule is CCc1cc2c(-c3ccc(OC)cc3)cccc2[cH-]1.CCc1cc2c(-c3ccc(OC)cc3)cccc2[cH-]1.C[Si]C.[Cl][Zr+2][Cl]. The Morgan fingerprint density at radius 3 is 1.25 bits per heavy atom. The summed E-state index contributed by atoms with van der Waals surface area (Å²) in [6.07, 6.45) is 2.16. The maximum atomic E-state index is 5.21. The first-order chi connectivity index (χ1) is 21.5. The van der Waals surface area contributed by atoms with Crippen molar-refractivity contribution in [3.63, 3.8) is 0 Å². The molecule has 226 valence electrons. The Bertz CT molecular complexity index is 1560. The second-order valence-corrected chi connectivity index (χ2v) is 14.8. The average molecular weight is 719 g/mol. The van der Waals surface area contributed by atoms with Gasteiger partial charge in [-0.25, -0.2) is 0 Å². The van der Waals surface area contributed by atoms with Crippen molar-refractivity contribution in [2.24, 2.45) is 0 Å². The van der Waals surface area contributed by atoms with Gasteiger partial charge < -0.3 is 9.47 Å². The number of hydrogen-bond donors (Lipinski definition) is 0. The van der Waals surface area contributed by atoms with Gasteiger partial charge in [0.15, 0.2) is 0 Å². The summed E-state index contributed by atoms with van der Waals surface area (Å²) in [7, 11) is 14.3. The van der Waals surface area contributed by atoms with Crippen LogP contribution in [0.1, 0.15) is 25.0 Å². The third kappa shape index (κ3) is 9.69. The number of aryl methyl sites for hydroxylation is 2. The third-order valence-corrected chi connectivity index (χ3v) is 7.24. The molecule has 0 unspecified atom stereocenters. The Morgan fingerprint density at radius 1 is 0.614 bits per heavy atom. The number of methoxy groups -OCH3 is 2. The first-order valence-electron chi connectivity index (χ1n) is 14.7. The Kier molecular flexibility index (Phi) is 15.5.